The third-order valence-corrected chi connectivity index (χ3v) is 4.44. The number of hydrogen-bond acceptors (Lipinski definition) is 1. The Morgan fingerprint density at radius 1 is 1.10 bits per heavy atom. The Balaban J connectivity index is 2.31. The minimum absolute atomic E-state index is 0.313. The van der Waals surface area contributed by atoms with Crippen LogP contribution >= 0.6 is 0 Å². The van der Waals surface area contributed by atoms with Gasteiger partial charge in [-0.05, 0) is 37.3 Å². The molecule has 0 bridgehead atoms. The minimum atomic E-state index is 0.313. The van der Waals surface area contributed by atoms with Crippen LogP contribution in [0.1, 0.15) is 70.8 Å². The lowest BCUT2D eigenvalue weighted by Crippen LogP contribution is -2.42. The first-order valence-electron chi connectivity index (χ1n) is 8.67. The summed E-state index contributed by atoms with van der Waals surface area (Å²) in [5.41, 5.74) is 2.50. The number of amides is 1. The summed E-state index contributed by atoms with van der Waals surface area (Å²) in [6, 6.07) is 8.92. The molecular weight excluding hydrogens is 258 g/mol. The second kappa shape index (κ2) is 8.21. The van der Waals surface area contributed by atoms with Gasteiger partial charge < -0.3 is 4.90 Å². The van der Waals surface area contributed by atoms with Crippen molar-refractivity contribution < 1.29 is 4.79 Å². The van der Waals surface area contributed by atoms with Crippen molar-refractivity contribution in [3.63, 3.8) is 0 Å². The predicted octanol–water partition coefficient (Wildman–Crippen LogP) is 5.10. The van der Waals surface area contributed by atoms with Crippen LogP contribution in [0.3, 0.4) is 0 Å². The van der Waals surface area contributed by atoms with E-state index in [0.29, 0.717) is 18.4 Å². The molecule has 0 aromatic heterocycles. The molecule has 0 unspecified atom stereocenters. The van der Waals surface area contributed by atoms with Crippen molar-refractivity contribution in [1.82, 2.24) is 0 Å². The van der Waals surface area contributed by atoms with Gasteiger partial charge in [-0.15, -0.1) is 0 Å². The molecule has 1 aromatic carbocycles. The lowest BCUT2D eigenvalue weighted by Gasteiger charge is -2.35. The first kappa shape index (κ1) is 16.1. The van der Waals surface area contributed by atoms with Crippen molar-refractivity contribution >= 4 is 11.6 Å². The van der Waals surface area contributed by atoms with E-state index < -0.39 is 0 Å². The quantitative estimate of drug-likeness (QED) is 0.712. The summed E-state index contributed by atoms with van der Waals surface area (Å²) < 4.78 is 0. The van der Waals surface area contributed by atoms with Gasteiger partial charge in [0.25, 0.3) is 0 Å². The zero-order valence-corrected chi connectivity index (χ0v) is 13.6. The van der Waals surface area contributed by atoms with E-state index in [9.17, 15) is 4.79 Å². The fraction of sp³-hybridized carbons (Fsp3) is 0.632. The van der Waals surface area contributed by atoms with E-state index in [1.807, 2.05) is 0 Å². The number of hydrogen-bond donors (Lipinski definition) is 0. The van der Waals surface area contributed by atoms with Crippen LogP contribution in [0.4, 0.5) is 5.69 Å². The van der Waals surface area contributed by atoms with Gasteiger partial charge in [0.1, 0.15) is 0 Å². The number of benzene rings is 1. The van der Waals surface area contributed by atoms with Crippen LogP contribution in [0, 0.1) is 0 Å². The second-order valence-corrected chi connectivity index (χ2v) is 6.18. The molecule has 0 aliphatic heterocycles. The average molecular weight is 287 g/mol. The molecule has 1 aliphatic carbocycles. The third-order valence-electron chi connectivity index (χ3n) is 4.44. The molecule has 0 heterocycles. The topological polar surface area (TPSA) is 20.3 Å². The molecule has 0 radical (unpaired) electrons. The van der Waals surface area contributed by atoms with E-state index in [1.54, 1.807) is 0 Å². The van der Waals surface area contributed by atoms with Crippen LogP contribution < -0.4 is 4.90 Å². The lowest BCUT2D eigenvalue weighted by atomic mass is 9.92. The number of rotatable bonds is 6. The van der Waals surface area contributed by atoms with Gasteiger partial charge >= 0.3 is 0 Å². The second-order valence-electron chi connectivity index (χ2n) is 6.18. The van der Waals surface area contributed by atoms with Crippen molar-refractivity contribution in [3.8, 4) is 0 Å². The Kier molecular flexibility index (Phi) is 6.28. The van der Waals surface area contributed by atoms with Crippen molar-refractivity contribution in [1.29, 1.82) is 0 Å². The number of anilines is 1. The van der Waals surface area contributed by atoms with Crippen molar-refractivity contribution in [2.24, 2.45) is 0 Å². The Bertz CT molecular complexity index is 449. The maximum Gasteiger partial charge on any atom is 0.227 e. The van der Waals surface area contributed by atoms with Gasteiger partial charge in [0, 0.05) is 18.2 Å². The van der Waals surface area contributed by atoms with Crippen molar-refractivity contribution in [3.05, 3.63) is 29.8 Å². The number of carbonyl (C=O) groups is 1. The number of aryl methyl sites for hydroxylation is 1. The number of para-hydroxylation sites is 1. The van der Waals surface area contributed by atoms with Gasteiger partial charge in [-0.2, -0.15) is 0 Å². The Hall–Kier alpha value is -1.31. The molecule has 1 saturated carbocycles. The van der Waals surface area contributed by atoms with Gasteiger partial charge in [0.05, 0.1) is 0 Å². The molecule has 1 aliphatic rings. The molecule has 0 spiro atoms. The fourth-order valence-corrected chi connectivity index (χ4v) is 3.43. The van der Waals surface area contributed by atoms with E-state index in [4.69, 9.17) is 0 Å². The largest absolute Gasteiger partial charge is 0.309 e. The fourth-order valence-electron chi connectivity index (χ4n) is 3.43. The summed E-state index contributed by atoms with van der Waals surface area (Å²) >= 11 is 0. The molecular formula is C19H29NO. The highest BCUT2D eigenvalue weighted by Gasteiger charge is 2.27. The molecule has 1 aromatic rings. The first-order valence-corrected chi connectivity index (χ1v) is 8.67. The molecule has 0 saturated heterocycles. The summed E-state index contributed by atoms with van der Waals surface area (Å²) in [6.45, 7) is 4.30. The van der Waals surface area contributed by atoms with E-state index in [2.05, 4.69) is 43.0 Å². The van der Waals surface area contributed by atoms with Gasteiger partial charge in [-0.3, -0.25) is 4.79 Å². The van der Waals surface area contributed by atoms with Crippen molar-refractivity contribution in [2.75, 3.05) is 4.90 Å². The SMILES string of the molecule is CCCC(=O)N(c1ccccc1CCC)C1CCCCC1. The summed E-state index contributed by atoms with van der Waals surface area (Å²) in [5, 5.41) is 0. The molecule has 0 N–H and O–H groups in total. The van der Waals surface area contributed by atoms with Crippen LogP contribution in [-0.4, -0.2) is 11.9 Å². The zero-order chi connectivity index (χ0) is 15.1. The zero-order valence-electron chi connectivity index (χ0n) is 13.6. The van der Waals surface area contributed by atoms with Gasteiger partial charge in [0.15, 0.2) is 0 Å². The van der Waals surface area contributed by atoms with Crippen LogP contribution in [0.5, 0.6) is 0 Å². The molecule has 2 heteroatoms. The summed E-state index contributed by atoms with van der Waals surface area (Å²) in [7, 11) is 0. The molecule has 1 fully saturated rings. The van der Waals surface area contributed by atoms with E-state index in [-0.39, 0.29) is 0 Å². The molecule has 0 atom stereocenters. The smallest absolute Gasteiger partial charge is 0.227 e. The summed E-state index contributed by atoms with van der Waals surface area (Å²) in [6.07, 6.45) is 9.94. The summed E-state index contributed by atoms with van der Waals surface area (Å²) in [4.78, 5) is 14.9. The predicted molar refractivity (Wildman–Crippen MR) is 89.7 cm³/mol. The maximum atomic E-state index is 12.7. The Morgan fingerprint density at radius 2 is 1.81 bits per heavy atom. The van der Waals surface area contributed by atoms with Crippen LogP contribution in [0.15, 0.2) is 24.3 Å². The standard InChI is InChI=1S/C19H29NO/c1-3-10-16-12-8-9-15-18(16)20(19(21)11-4-2)17-13-6-5-7-14-17/h8-9,12,15,17H,3-7,10-11,13-14H2,1-2H3. The maximum absolute atomic E-state index is 12.7. The van der Waals surface area contributed by atoms with E-state index in [1.165, 1.54) is 30.5 Å². The van der Waals surface area contributed by atoms with E-state index in [0.717, 1.165) is 32.1 Å². The third kappa shape index (κ3) is 4.09. The Labute approximate surface area is 129 Å². The van der Waals surface area contributed by atoms with Gasteiger partial charge in [-0.1, -0.05) is 57.7 Å². The lowest BCUT2D eigenvalue weighted by molar-refractivity contribution is -0.119. The highest BCUT2D eigenvalue weighted by Crippen LogP contribution is 2.31. The highest BCUT2D eigenvalue weighted by atomic mass is 16.2. The minimum Gasteiger partial charge on any atom is -0.309 e. The first-order chi connectivity index (χ1) is 10.3. The normalized spacial score (nSPS) is 15.9. The van der Waals surface area contributed by atoms with Gasteiger partial charge in [-0.25, -0.2) is 0 Å². The van der Waals surface area contributed by atoms with Crippen LogP contribution in [0.25, 0.3) is 0 Å². The molecule has 21 heavy (non-hydrogen) atoms. The van der Waals surface area contributed by atoms with E-state index >= 15 is 0 Å². The van der Waals surface area contributed by atoms with Gasteiger partial charge in [0.2, 0.25) is 5.91 Å². The molecule has 116 valence electrons. The number of carbonyl (C=O) groups excluding carboxylic acids is 1. The average Bonchev–Trinajstić information content (AvgIpc) is 2.51. The van der Waals surface area contributed by atoms with Crippen LogP contribution in [0.2, 0.25) is 0 Å². The molecule has 1 amide bonds. The van der Waals surface area contributed by atoms with Crippen molar-refractivity contribution in [2.45, 2.75) is 77.7 Å². The summed E-state index contributed by atoms with van der Waals surface area (Å²) in [5.74, 6) is 0.313. The number of nitrogens with zero attached hydrogens (tertiary/aromatic N) is 1. The molecule has 2 rings (SSSR count). The Morgan fingerprint density at radius 3 is 2.48 bits per heavy atom. The van der Waals surface area contributed by atoms with Crippen LogP contribution in [-0.2, 0) is 11.2 Å². The highest BCUT2D eigenvalue weighted by molar-refractivity contribution is 5.94. The monoisotopic (exact) mass is 287 g/mol. The molecule has 2 nitrogen and oxygen atoms in total.